The van der Waals surface area contributed by atoms with E-state index in [0.29, 0.717) is 28.2 Å². The molecule has 0 unspecified atom stereocenters. The van der Waals surface area contributed by atoms with Crippen molar-refractivity contribution in [2.24, 2.45) is 0 Å². The predicted molar refractivity (Wildman–Crippen MR) is 116 cm³/mol. The standard InChI is InChI=1S/C22H21N3O4.CH4/c1-29-22(28)24-15-8-6-7-14(13-15)23-18-19(25-11-4-5-12-25)21(27)17-10-3-2-9-16(17)20(18)26;/h2-3,6-10,13,23H,4-5,11-12H2,1H3,(H,24,28);1H4. The summed E-state index contributed by atoms with van der Waals surface area (Å²) in [5, 5.41) is 5.73. The number of methoxy groups -OCH3 is 1. The first-order chi connectivity index (χ1) is 14.1. The number of carbonyl (C=O) groups excluding carboxylic acids is 3. The minimum atomic E-state index is -0.586. The van der Waals surface area contributed by atoms with Gasteiger partial charge in [0.05, 0.1) is 7.11 Å². The molecule has 1 fully saturated rings. The highest BCUT2D eigenvalue weighted by Crippen LogP contribution is 2.31. The van der Waals surface area contributed by atoms with E-state index in [1.165, 1.54) is 7.11 Å². The van der Waals surface area contributed by atoms with Crippen LogP contribution in [-0.4, -0.2) is 42.8 Å². The molecule has 2 aromatic carbocycles. The summed E-state index contributed by atoms with van der Waals surface area (Å²) in [6.07, 6.45) is 1.38. The third-order valence-corrected chi connectivity index (χ3v) is 5.08. The lowest BCUT2D eigenvalue weighted by Crippen LogP contribution is -2.35. The number of benzene rings is 2. The Morgan fingerprint density at radius 1 is 0.933 bits per heavy atom. The van der Waals surface area contributed by atoms with Crippen molar-refractivity contribution in [1.29, 1.82) is 0 Å². The third kappa shape index (κ3) is 3.91. The van der Waals surface area contributed by atoms with Crippen LogP contribution >= 0.6 is 0 Å². The van der Waals surface area contributed by atoms with E-state index in [2.05, 4.69) is 15.4 Å². The minimum Gasteiger partial charge on any atom is -0.453 e. The van der Waals surface area contributed by atoms with E-state index in [0.717, 1.165) is 25.9 Å². The topological polar surface area (TPSA) is 87.7 Å². The van der Waals surface area contributed by atoms with Gasteiger partial charge in [-0.05, 0) is 31.0 Å². The third-order valence-electron chi connectivity index (χ3n) is 5.08. The molecule has 2 aliphatic rings. The molecule has 2 N–H and O–H groups in total. The SMILES string of the molecule is C.COC(=O)Nc1cccc(NC2=C(N3CCCC3)C(=O)c3ccccc3C2=O)c1. The highest BCUT2D eigenvalue weighted by atomic mass is 16.5. The van der Waals surface area contributed by atoms with Crippen LogP contribution in [0.15, 0.2) is 59.9 Å². The first-order valence-electron chi connectivity index (χ1n) is 9.48. The van der Waals surface area contributed by atoms with Gasteiger partial charge in [-0.1, -0.05) is 37.8 Å². The van der Waals surface area contributed by atoms with Gasteiger partial charge in [-0.15, -0.1) is 0 Å². The predicted octanol–water partition coefficient (Wildman–Crippen LogP) is 4.30. The minimum absolute atomic E-state index is 0. The van der Waals surface area contributed by atoms with E-state index in [4.69, 9.17) is 0 Å². The molecular formula is C23H25N3O4. The zero-order chi connectivity index (χ0) is 20.4. The highest BCUT2D eigenvalue weighted by molar-refractivity contribution is 6.27. The summed E-state index contributed by atoms with van der Waals surface area (Å²) in [5.41, 5.74) is 2.62. The molecule has 1 aliphatic heterocycles. The normalized spacial score (nSPS) is 15.4. The zero-order valence-corrected chi connectivity index (χ0v) is 16.0. The molecule has 156 valence electrons. The average Bonchev–Trinajstić information content (AvgIpc) is 3.26. The fraction of sp³-hybridized carbons (Fsp3) is 0.261. The van der Waals surface area contributed by atoms with E-state index in [1.54, 1.807) is 48.5 Å². The van der Waals surface area contributed by atoms with Crippen LogP contribution < -0.4 is 10.6 Å². The summed E-state index contributed by atoms with van der Waals surface area (Å²) in [4.78, 5) is 39.9. The number of ether oxygens (including phenoxy) is 1. The number of ketones is 2. The number of nitrogens with one attached hydrogen (secondary N) is 2. The lowest BCUT2D eigenvalue weighted by molar-refractivity contribution is 0.0948. The largest absolute Gasteiger partial charge is 0.453 e. The number of Topliss-reactive ketones (excluding diaryl/α,β-unsaturated/α-hetero) is 2. The van der Waals surface area contributed by atoms with Gasteiger partial charge in [0.2, 0.25) is 11.6 Å². The molecule has 30 heavy (non-hydrogen) atoms. The number of hydrogen-bond acceptors (Lipinski definition) is 6. The summed E-state index contributed by atoms with van der Waals surface area (Å²) < 4.78 is 4.61. The van der Waals surface area contributed by atoms with Crippen LogP contribution in [0.5, 0.6) is 0 Å². The van der Waals surface area contributed by atoms with Gasteiger partial charge in [0.25, 0.3) is 0 Å². The van der Waals surface area contributed by atoms with Crippen LogP contribution in [0.3, 0.4) is 0 Å². The summed E-state index contributed by atoms with van der Waals surface area (Å²) in [6.45, 7) is 1.48. The summed E-state index contributed by atoms with van der Waals surface area (Å²) in [7, 11) is 1.29. The van der Waals surface area contributed by atoms with E-state index < -0.39 is 6.09 Å². The summed E-state index contributed by atoms with van der Waals surface area (Å²) >= 11 is 0. The Bertz CT molecular complexity index is 1020. The molecule has 1 saturated heterocycles. The van der Waals surface area contributed by atoms with Gasteiger partial charge in [0.1, 0.15) is 11.4 Å². The molecule has 7 nitrogen and oxygen atoms in total. The number of likely N-dealkylation sites (tertiary alicyclic amines) is 1. The Balaban J connectivity index is 0.00000256. The van der Waals surface area contributed by atoms with Crippen LogP contribution in [0, 0.1) is 0 Å². The molecule has 4 rings (SSSR count). The van der Waals surface area contributed by atoms with Crippen molar-refractivity contribution >= 4 is 29.0 Å². The zero-order valence-electron chi connectivity index (χ0n) is 16.0. The maximum absolute atomic E-state index is 13.3. The second-order valence-electron chi connectivity index (χ2n) is 6.94. The Hall–Kier alpha value is -3.61. The van der Waals surface area contributed by atoms with Crippen LogP contribution in [0.25, 0.3) is 0 Å². The first kappa shape index (κ1) is 21.1. The van der Waals surface area contributed by atoms with Crippen molar-refractivity contribution in [3.63, 3.8) is 0 Å². The molecule has 0 atom stereocenters. The van der Waals surface area contributed by atoms with Crippen molar-refractivity contribution in [2.75, 3.05) is 30.8 Å². The number of hydrogen-bond donors (Lipinski definition) is 2. The maximum atomic E-state index is 13.3. The fourth-order valence-corrected chi connectivity index (χ4v) is 3.71. The van der Waals surface area contributed by atoms with Gasteiger partial charge in [0.15, 0.2) is 0 Å². The first-order valence-corrected chi connectivity index (χ1v) is 9.48. The molecule has 1 aliphatic carbocycles. The van der Waals surface area contributed by atoms with Gasteiger partial charge < -0.3 is 15.0 Å². The molecule has 0 radical (unpaired) electrons. The van der Waals surface area contributed by atoms with Gasteiger partial charge in [-0.3, -0.25) is 14.9 Å². The Morgan fingerprint density at radius 3 is 2.23 bits per heavy atom. The van der Waals surface area contributed by atoms with E-state index in [1.807, 2.05) is 4.90 Å². The number of amides is 1. The number of fused-ring (bicyclic) bond motifs is 1. The molecule has 1 amide bonds. The van der Waals surface area contributed by atoms with Gasteiger partial charge in [0, 0.05) is 35.6 Å². The maximum Gasteiger partial charge on any atom is 0.411 e. The number of carbonyl (C=O) groups is 3. The Labute approximate surface area is 175 Å². The summed E-state index contributed by atoms with van der Waals surface area (Å²) in [6, 6.07) is 13.8. The smallest absolute Gasteiger partial charge is 0.411 e. The second kappa shape index (κ2) is 8.82. The van der Waals surface area contributed by atoms with Gasteiger partial charge in [-0.25, -0.2) is 4.79 Å². The van der Waals surface area contributed by atoms with Crippen molar-refractivity contribution < 1.29 is 19.1 Å². The van der Waals surface area contributed by atoms with Crippen LogP contribution in [0.2, 0.25) is 0 Å². The molecule has 0 spiro atoms. The molecule has 0 aromatic heterocycles. The van der Waals surface area contributed by atoms with Crippen LogP contribution in [0.4, 0.5) is 16.2 Å². The molecule has 0 bridgehead atoms. The van der Waals surface area contributed by atoms with Crippen molar-refractivity contribution in [1.82, 2.24) is 4.90 Å². The van der Waals surface area contributed by atoms with Gasteiger partial charge >= 0.3 is 6.09 Å². The molecule has 1 heterocycles. The van der Waals surface area contributed by atoms with Crippen molar-refractivity contribution in [2.45, 2.75) is 20.3 Å². The molecular weight excluding hydrogens is 382 g/mol. The fourth-order valence-electron chi connectivity index (χ4n) is 3.71. The molecule has 7 heteroatoms. The quantitative estimate of drug-likeness (QED) is 0.786. The lowest BCUT2D eigenvalue weighted by atomic mass is 9.89. The van der Waals surface area contributed by atoms with Crippen molar-refractivity contribution in [3.8, 4) is 0 Å². The van der Waals surface area contributed by atoms with E-state index in [9.17, 15) is 14.4 Å². The lowest BCUT2D eigenvalue weighted by Gasteiger charge is -2.28. The Kier molecular flexibility index (Phi) is 6.20. The number of rotatable bonds is 4. The van der Waals surface area contributed by atoms with Crippen LogP contribution in [-0.2, 0) is 4.74 Å². The second-order valence-corrected chi connectivity index (χ2v) is 6.94. The highest BCUT2D eigenvalue weighted by Gasteiger charge is 2.36. The van der Waals surface area contributed by atoms with Gasteiger partial charge in [-0.2, -0.15) is 0 Å². The molecule has 0 saturated carbocycles. The number of allylic oxidation sites excluding steroid dienone is 2. The van der Waals surface area contributed by atoms with E-state index >= 15 is 0 Å². The van der Waals surface area contributed by atoms with Crippen LogP contribution in [0.1, 0.15) is 41.0 Å². The Morgan fingerprint density at radius 2 is 1.57 bits per heavy atom. The van der Waals surface area contributed by atoms with E-state index in [-0.39, 0.29) is 24.7 Å². The average molecular weight is 407 g/mol. The number of nitrogens with zero attached hydrogens (tertiary/aromatic N) is 1. The summed E-state index contributed by atoms with van der Waals surface area (Å²) in [5.74, 6) is -0.359. The number of anilines is 2. The monoisotopic (exact) mass is 407 g/mol. The van der Waals surface area contributed by atoms with Crippen molar-refractivity contribution in [3.05, 3.63) is 71.1 Å². The molecule has 2 aromatic rings.